The number of nitrogens with zero attached hydrogens (tertiary/aromatic N) is 5. The minimum absolute atomic E-state index is 0.0209. The van der Waals surface area contributed by atoms with Crippen molar-refractivity contribution in [2.75, 3.05) is 49.1 Å². The first-order valence-electron chi connectivity index (χ1n) is 8.35. The Morgan fingerprint density at radius 2 is 1.96 bits per heavy atom. The first-order chi connectivity index (χ1) is 12.1. The minimum Gasteiger partial charge on any atom is -0.489 e. The molecule has 0 aliphatic carbocycles. The highest BCUT2D eigenvalue weighted by molar-refractivity contribution is 6.30. The van der Waals surface area contributed by atoms with Crippen LogP contribution in [0.25, 0.3) is 0 Å². The third kappa shape index (κ3) is 3.11. The van der Waals surface area contributed by atoms with Gasteiger partial charge in [0.05, 0.1) is 12.2 Å². The lowest BCUT2D eigenvalue weighted by molar-refractivity contribution is 0.196. The van der Waals surface area contributed by atoms with Crippen LogP contribution in [0.2, 0.25) is 5.02 Å². The molecule has 0 bridgehead atoms. The average molecular weight is 362 g/mol. The molecule has 0 N–H and O–H groups in total. The van der Waals surface area contributed by atoms with E-state index in [-0.39, 0.29) is 6.03 Å². The highest BCUT2D eigenvalue weighted by atomic mass is 35.5. The predicted octanol–water partition coefficient (Wildman–Crippen LogP) is 2.21. The number of piperazine rings is 1. The van der Waals surface area contributed by atoms with E-state index in [9.17, 15) is 4.79 Å². The van der Waals surface area contributed by atoms with E-state index in [0.29, 0.717) is 37.0 Å². The van der Waals surface area contributed by atoms with E-state index in [1.807, 2.05) is 30.3 Å². The largest absolute Gasteiger partial charge is 0.489 e. The second kappa shape index (κ2) is 6.48. The van der Waals surface area contributed by atoms with Gasteiger partial charge in [-0.25, -0.2) is 4.79 Å². The van der Waals surface area contributed by atoms with Crippen molar-refractivity contribution in [3.63, 3.8) is 0 Å². The highest BCUT2D eigenvalue weighted by Gasteiger charge is 2.30. The van der Waals surface area contributed by atoms with E-state index >= 15 is 0 Å². The summed E-state index contributed by atoms with van der Waals surface area (Å²) in [5.41, 5.74) is 0.785. The third-order valence-corrected chi connectivity index (χ3v) is 4.82. The molecule has 8 heteroatoms. The Kier molecular flexibility index (Phi) is 4.17. The fourth-order valence-corrected chi connectivity index (χ4v) is 3.42. The van der Waals surface area contributed by atoms with E-state index in [1.165, 1.54) is 0 Å². The number of ether oxygens (including phenoxy) is 1. The Bertz CT molecular complexity index is 785. The smallest absolute Gasteiger partial charge is 0.324 e. The Hall–Kier alpha value is -2.41. The molecule has 0 unspecified atom stereocenters. The van der Waals surface area contributed by atoms with Crippen LogP contribution >= 0.6 is 11.6 Å². The predicted molar refractivity (Wildman–Crippen MR) is 96.7 cm³/mol. The molecule has 2 aliphatic heterocycles. The van der Waals surface area contributed by atoms with Crippen molar-refractivity contribution in [2.24, 2.45) is 7.05 Å². The lowest BCUT2D eigenvalue weighted by Gasteiger charge is -2.39. The van der Waals surface area contributed by atoms with Gasteiger partial charge in [0.25, 0.3) is 0 Å². The van der Waals surface area contributed by atoms with Crippen molar-refractivity contribution in [3.05, 3.63) is 35.5 Å². The molecule has 2 aliphatic rings. The van der Waals surface area contributed by atoms with E-state index in [0.717, 1.165) is 24.6 Å². The number of fused-ring (bicyclic) bond motifs is 1. The molecule has 1 saturated heterocycles. The summed E-state index contributed by atoms with van der Waals surface area (Å²) in [5.74, 6) is 1.63. The highest BCUT2D eigenvalue weighted by Crippen LogP contribution is 2.34. The zero-order valence-electron chi connectivity index (χ0n) is 14.1. The van der Waals surface area contributed by atoms with E-state index in [4.69, 9.17) is 16.3 Å². The van der Waals surface area contributed by atoms with Crippen molar-refractivity contribution >= 4 is 29.1 Å². The van der Waals surface area contributed by atoms with Gasteiger partial charge in [-0.1, -0.05) is 11.6 Å². The quantitative estimate of drug-likeness (QED) is 0.781. The Morgan fingerprint density at radius 3 is 2.68 bits per heavy atom. The lowest BCUT2D eigenvalue weighted by atomic mass is 10.2. The summed E-state index contributed by atoms with van der Waals surface area (Å²) in [6.07, 6.45) is 1.93. The van der Waals surface area contributed by atoms with Gasteiger partial charge in [0.2, 0.25) is 0 Å². The van der Waals surface area contributed by atoms with Gasteiger partial charge in [0, 0.05) is 56.6 Å². The van der Waals surface area contributed by atoms with Crippen molar-refractivity contribution in [1.29, 1.82) is 0 Å². The Balaban J connectivity index is 1.45. The fraction of sp³-hybridized carbons (Fsp3) is 0.412. The van der Waals surface area contributed by atoms with Gasteiger partial charge >= 0.3 is 6.03 Å². The maximum atomic E-state index is 13.0. The number of urea groups is 1. The Morgan fingerprint density at radius 1 is 1.16 bits per heavy atom. The van der Waals surface area contributed by atoms with E-state index < -0.39 is 0 Å². The van der Waals surface area contributed by atoms with Gasteiger partial charge in [-0.15, -0.1) is 0 Å². The second-order valence-corrected chi connectivity index (χ2v) is 6.65. The van der Waals surface area contributed by atoms with Crippen LogP contribution in [0.5, 0.6) is 5.75 Å². The zero-order valence-corrected chi connectivity index (χ0v) is 14.8. The van der Waals surface area contributed by atoms with Crippen molar-refractivity contribution in [2.45, 2.75) is 0 Å². The van der Waals surface area contributed by atoms with Gasteiger partial charge < -0.3 is 14.5 Å². The number of hydrogen-bond donors (Lipinski definition) is 0. The fourth-order valence-electron chi connectivity index (χ4n) is 3.26. The number of halogens is 1. The van der Waals surface area contributed by atoms with Crippen LogP contribution in [0.3, 0.4) is 0 Å². The van der Waals surface area contributed by atoms with Crippen molar-refractivity contribution in [3.8, 4) is 5.75 Å². The van der Waals surface area contributed by atoms with Crippen LogP contribution in [-0.4, -0.2) is 60.0 Å². The normalized spacial score (nSPS) is 17.3. The molecule has 2 amide bonds. The van der Waals surface area contributed by atoms with Gasteiger partial charge in [-0.05, 0) is 12.1 Å². The van der Waals surface area contributed by atoms with E-state index in [2.05, 4.69) is 10.00 Å². The van der Waals surface area contributed by atoms with E-state index in [1.54, 1.807) is 21.7 Å². The molecule has 0 radical (unpaired) electrons. The van der Waals surface area contributed by atoms with Crippen molar-refractivity contribution in [1.82, 2.24) is 14.7 Å². The molecule has 0 saturated carbocycles. The number of carbonyl (C=O) groups excluding carboxylic acids is 1. The molecule has 4 rings (SSSR count). The van der Waals surface area contributed by atoms with Crippen LogP contribution in [0.15, 0.2) is 30.5 Å². The molecule has 1 fully saturated rings. The SMILES string of the molecule is Cn1ccc(N2CCN(C(=O)N3CCOc4cc(Cl)ccc43)CC2)n1. The number of hydrogen-bond acceptors (Lipinski definition) is 4. The monoisotopic (exact) mass is 361 g/mol. The standard InChI is InChI=1S/C17H20ClN5O2/c1-20-5-4-16(19-20)21-6-8-22(9-7-21)17(24)23-10-11-25-15-12-13(18)2-3-14(15)23/h2-5,12H,6-11H2,1H3. The number of anilines is 2. The van der Waals surface area contributed by atoms with Gasteiger partial charge in [0.1, 0.15) is 12.4 Å². The topological polar surface area (TPSA) is 53.8 Å². The second-order valence-electron chi connectivity index (χ2n) is 6.22. The first kappa shape index (κ1) is 16.1. The average Bonchev–Trinajstić information content (AvgIpc) is 3.07. The third-order valence-electron chi connectivity index (χ3n) is 4.59. The van der Waals surface area contributed by atoms with Crippen LogP contribution in [0.4, 0.5) is 16.3 Å². The summed E-state index contributed by atoms with van der Waals surface area (Å²) >= 11 is 6.02. The first-order valence-corrected chi connectivity index (χ1v) is 8.73. The zero-order chi connectivity index (χ0) is 17.4. The van der Waals surface area contributed by atoms with Crippen LogP contribution in [0.1, 0.15) is 0 Å². The number of carbonyl (C=O) groups is 1. The van der Waals surface area contributed by atoms with Crippen LogP contribution in [-0.2, 0) is 7.05 Å². The molecule has 3 heterocycles. The van der Waals surface area contributed by atoms with Crippen LogP contribution in [0, 0.1) is 0 Å². The summed E-state index contributed by atoms with van der Waals surface area (Å²) < 4.78 is 7.43. The number of benzene rings is 1. The molecule has 1 aromatic heterocycles. The summed E-state index contributed by atoms with van der Waals surface area (Å²) in [6.45, 7) is 3.94. The maximum absolute atomic E-state index is 13.0. The molecule has 25 heavy (non-hydrogen) atoms. The molecule has 0 spiro atoms. The number of amides is 2. The van der Waals surface area contributed by atoms with Crippen LogP contribution < -0.4 is 14.5 Å². The van der Waals surface area contributed by atoms with Gasteiger partial charge in [-0.2, -0.15) is 5.10 Å². The maximum Gasteiger partial charge on any atom is 0.324 e. The molecular formula is C17H20ClN5O2. The molecule has 2 aromatic rings. The molecular weight excluding hydrogens is 342 g/mol. The summed E-state index contributed by atoms with van der Waals surface area (Å²) in [5, 5.41) is 5.04. The molecule has 0 atom stereocenters. The van der Waals surface area contributed by atoms with Gasteiger partial charge in [-0.3, -0.25) is 9.58 Å². The minimum atomic E-state index is 0.0209. The van der Waals surface area contributed by atoms with Gasteiger partial charge in [0.15, 0.2) is 5.82 Å². The summed E-state index contributed by atoms with van der Waals surface area (Å²) in [4.78, 5) is 18.9. The molecule has 132 valence electrons. The lowest BCUT2D eigenvalue weighted by Crippen LogP contribution is -2.54. The number of aromatic nitrogens is 2. The Labute approximate surface area is 151 Å². The summed E-state index contributed by atoms with van der Waals surface area (Å²) in [6, 6.07) is 7.41. The number of aryl methyl sites for hydroxylation is 1. The summed E-state index contributed by atoms with van der Waals surface area (Å²) in [7, 11) is 1.91. The molecule has 1 aromatic carbocycles. The number of rotatable bonds is 1. The molecule has 7 nitrogen and oxygen atoms in total. The van der Waals surface area contributed by atoms with Crippen molar-refractivity contribution < 1.29 is 9.53 Å².